The predicted octanol–water partition coefficient (Wildman–Crippen LogP) is 5.61. The third kappa shape index (κ3) is 4.75. The van der Waals surface area contributed by atoms with Gasteiger partial charge in [-0.15, -0.1) is 0 Å². The van der Waals surface area contributed by atoms with Crippen LogP contribution in [-0.2, 0) is 14.3 Å². The van der Waals surface area contributed by atoms with Crippen LogP contribution in [0.25, 0.3) is 0 Å². The van der Waals surface area contributed by atoms with Crippen LogP contribution < -0.4 is 0 Å². The zero-order chi connectivity index (χ0) is 20.2. The van der Waals surface area contributed by atoms with E-state index in [4.69, 9.17) is 9.84 Å². The fraction of sp³-hybridized carbons (Fsp3) is 0.826. The Morgan fingerprint density at radius 2 is 2.04 bits per heavy atom. The highest BCUT2D eigenvalue weighted by molar-refractivity contribution is 5.69. The average molecular weight is 379 g/mol. The number of esters is 1. The minimum absolute atomic E-state index is 0.0869. The molecule has 4 nitrogen and oxygen atoms in total. The molecule has 2 rings (SSSR count). The van der Waals surface area contributed by atoms with Gasteiger partial charge in [0.2, 0.25) is 0 Å². The largest absolute Gasteiger partial charge is 0.481 e. The molecule has 0 heterocycles. The number of carboxylic acid groups (broad SMARTS) is 1. The number of carbonyl (C=O) groups is 2. The van der Waals surface area contributed by atoms with Crippen molar-refractivity contribution in [3.05, 3.63) is 11.6 Å². The van der Waals surface area contributed by atoms with E-state index in [1.54, 1.807) is 0 Å². The lowest BCUT2D eigenvalue weighted by Crippen LogP contribution is -2.50. The Balaban J connectivity index is 2.16. The predicted molar refractivity (Wildman–Crippen MR) is 107 cm³/mol. The van der Waals surface area contributed by atoms with Gasteiger partial charge in [0.25, 0.3) is 0 Å². The number of rotatable bonds is 8. The van der Waals surface area contributed by atoms with E-state index in [-0.39, 0.29) is 29.1 Å². The first kappa shape index (κ1) is 22.0. The topological polar surface area (TPSA) is 63.6 Å². The maximum atomic E-state index is 11.7. The van der Waals surface area contributed by atoms with E-state index in [1.807, 2.05) is 6.92 Å². The molecule has 2 aliphatic carbocycles. The third-order valence-corrected chi connectivity index (χ3v) is 7.74. The molecule has 0 amide bonds. The Labute approximate surface area is 164 Å². The molecule has 0 aromatic heterocycles. The minimum Gasteiger partial charge on any atom is -0.481 e. The van der Waals surface area contributed by atoms with E-state index in [1.165, 1.54) is 18.4 Å². The number of ether oxygens (including phenoxy) is 1. The standard InChI is InChI=1S/C23H38O4/c1-6-21(26)27-15-18-8-7-9-19-22(4,12-10-16(2)14-20(24)25)17(3)11-13-23(18,19)5/h8,16-17,19H,6-7,9-15H2,1-5H3,(H,24,25)/t16-,17+,19+,22-,23-/m1/s1. The van der Waals surface area contributed by atoms with Gasteiger partial charge < -0.3 is 9.84 Å². The first-order valence-corrected chi connectivity index (χ1v) is 10.7. The number of allylic oxidation sites excluding steroid dienone is 1. The van der Waals surface area contributed by atoms with Crippen LogP contribution in [0.2, 0.25) is 0 Å². The normalized spacial score (nSPS) is 34.3. The van der Waals surface area contributed by atoms with E-state index >= 15 is 0 Å². The van der Waals surface area contributed by atoms with Crippen molar-refractivity contribution in [1.29, 1.82) is 0 Å². The summed E-state index contributed by atoms with van der Waals surface area (Å²) in [6.45, 7) is 11.5. The molecule has 0 bridgehead atoms. The molecule has 1 saturated carbocycles. The Morgan fingerprint density at radius 3 is 2.67 bits per heavy atom. The van der Waals surface area contributed by atoms with Crippen LogP contribution in [0.4, 0.5) is 0 Å². The van der Waals surface area contributed by atoms with Gasteiger partial charge in [-0.25, -0.2) is 0 Å². The van der Waals surface area contributed by atoms with Gasteiger partial charge in [0.1, 0.15) is 6.61 Å². The molecular formula is C23H38O4. The van der Waals surface area contributed by atoms with Crippen LogP contribution in [0.3, 0.4) is 0 Å². The maximum absolute atomic E-state index is 11.7. The summed E-state index contributed by atoms with van der Waals surface area (Å²) < 4.78 is 5.51. The monoisotopic (exact) mass is 378 g/mol. The maximum Gasteiger partial charge on any atom is 0.305 e. The average Bonchev–Trinajstić information content (AvgIpc) is 2.61. The summed E-state index contributed by atoms with van der Waals surface area (Å²) in [5.74, 6) is 0.575. The van der Waals surface area contributed by atoms with Gasteiger partial charge >= 0.3 is 11.9 Å². The number of aliphatic carboxylic acids is 1. The van der Waals surface area contributed by atoms with E-state index in [9.17, 15) is 9.59 Å². The van der Waals surface area contributed by atoms with Gasteiger partial charge in [0, 0.05) is 12.8 Å². The second kappa shape index (κ2) is 8.79. The molecule has 0 aromatic carbocycles. The number of hydrogen-bond acceptors (Lipinski definition) is 3. The summed E-state index contributed by atoms with van der Waals surface area (Å²) >= 11 is 0. The van der Waals surface area contributed by atoms with Crippen molar-refractivity contribution in [1.82, 2.24) is 0 Å². The number of fused-ring (bicyclic) bond motifs is 1. The number of hydrogen-bond donors (Lipinski definition) is 1. The van der Waals surface area contributed by atoms with Crippen LogP contribution in [0.5, 0.6) is 0 Å². The van der Waals surface area contributed by atoms with Gasteiger partial charge in [-0.3, -0.25) is 9.59 Å². The Hall–Kier alpha value is -1.32. The van der Waals surface area contributed by atoms with Crippen molar-refractivity contribution < 1.29 is 19.4 Å². The van der Waals surface area contributed by atoms with Crippen LogP contribution in [0.15, 0.2) is 11.6 Å². The molecule has 0 radical (unpaired) electrons. The second-order valence-electron chi connectivity index (χ2n) is 9.48. The smallest absolute Gasteiger partial charge is 0.305 e. The molecule has 1 fully saturated rings. The molecule has 0 aliphatic heterocycles. The van der Waals surface area contributed by atoms with E-state index < -0.39 is 5.97 Å². The molecular weight excluding hydrogens is 340 g/mol. The SMILES string of the molecule is CCC(=O)OCC1=CCC[C@H]2[C@](C)(CC[C@@H](C)CC(=O)O)[C@@H](C)CC[C@]12C. The highest BCUT2D eigenvalue weighted by atomic mass is 16.5. The van der Waals surface area contributed by atoms with E-state index in [2.05, 4.69) is 33.8 Å². The summed E-state index contributed by atoms with van der Waals surface area (Å²) in [5.41, 5.74) is 1.59. The quantitative estimate of drug-likeness (QED) is 0.440. The van der Waals surface area contributed by atoms with Gasteiger partial charge in [-0.2, -0.15) is 0 Å². The highest BCUT2D eigenvalue weighted by Gasteiger charge is 2.53. The molecule has 0 unspecified atom stereocenters. The summed E-state index contributed by atoms with van der Waals surface area (Å²) in [6, 6.07) is 0. The first-order chi connectivity index (χ1) is 12.6. The Morgan fingerprint density at radius 1 is 1.33 bits per heavy atom. The molecule has 1 N–H and O–H groups in total. The molecule has 0 spiro atoms. The van der Waals surface area contributed by atoms with Crippen molar-refractivity contribution in [2.45, 2.75) is 86.0 Å². The third-order valence-electron chi connectivity index (χ3n) is 7.74. The van der Waals surface area contributed by atoms with Crippen molar-refractivity contribution in [3.8, 4) is 0 Å². The first-order valence-electron chi connectivity index (χ1n) is 10.7. The number of carbonyl (C=O) groups excluding carboxylic acids is 1. The summed E-state index contributed by atoms with van der Waals surface area (Å²) in [5, 5.41) is 9.08. The van der Waals surface area contributed by atoms with Gasteiger partial charge in [0.05, 0.1) is 0 Å². The summed E-state index contributed by atoms with van der Waals surface area (Å²) in [6.07, 6.45) is 9.57. The van der Waals surface area contributed by atoms with Crippen molar-refractivity contribution in [2.75, 3.05) is 6.61 Å². The van der Waals surface area contributed by atoms with E-state index in [0.717, 1.165) is 25.7 Å². The zero-order valence-electron chi connectivity index (χ0n) is 17.8. The Bertz CT molecular complexity index is 581. The second-order valence-corrected chi connectivity index (χ2v) is 9.48. The van der Waals surface area contributed by atoms with Crippen molar-refractivity contribution >= 4 is 11.9 Å². The fourth-order valence-electron chi connectivity index (χ4n) is 5.64. The van der Waals surface area contributed by atoms with Crippen LogP contribution in [0.1, 0.15) is 86.0 Å². The van der Waals surface area contributed by atoms with Crippen LogP contribution in [0, 0.1) is 28.6 Å². The molecule has 4 heteroatoms. The van der Waals surface area contributed by atoms with Crippen LogP contribution in [-0.4, -0.2) is 23.7 Å². The lowest BCUT2D eigenvalue weighted by atomic mass is 9.46. The molecule has 0 saturated heterocycles. The molecule has 2 aliphatic rings. The molecule has 5 atom stereocenters. The fourth-order valence-corrected chi connectivity index (χ4v) is 5.64. The van der Waals surface area contributed by atoms with Gasteiger partial charge in [0.15, 0.2) is 0 Å². The zero-order valence-corrected chi connectivity index (χ0v) is 17.8. The molecule has 154 valence electrons. The van der Waals surface area contributed by atoms with E-state index in [0.29, 0.717) is 24.9 Å². The van der Waals surface area contributed by atoms with Crippen molar-refractivity contribution in [3.63, 3.8) is 0 Å². The minimum atomic E-state index is -0.699. The van der Waals surface area contributed by atoms with Crippen molar-refractivity contribution in [2.24, 2.45) is 28.6 Å². The Kier molecular flexibility index (Phi) is 7.15. The number of carboxylic acids is 1. The summed E-state index contributed by atoms with van der Waals surface area (Å²) in [7, 11) is 0. The summed E-state index contributed by atoms with van der Waals surface area (Å²) in [4.78, 5) is 22.7. The molecule has 27 heavy (non-hydrogen) atoms. The molecule has 0 aromatic rings. The van der Waals surface area contributed by atoms with Crippen LogP contribution >= 0.6 is 0 Å². The lowest BCUT2D eigenvalue weighted by Gasteiger charge is -2.58. The highest BCUT2D eigenvalue weighted by Crippen LogP contribution is 2.62. The van der Waals surface area contributed by atoms with Gasteiger partial charge in [-0.05, 0) is 72.7 Å². The lowest BCUT2D eigenvalue weighted by molar-refractivity contribution is -0.143. The van der Waals surface area contributed by atoms with Gasteiger partial charge in [-0.1, -0.05) is 40.7 Å².